The number of carbonyl (C=O) groups excluding carboxylic acids is 1. The predicted molar refractivity (Wildman–Crippen MR) is 74.3 cm³/mol. The number of hydrogen-bond donors (Lipinski definition) is 2. The minimum Gasteiger partial charge on any atom is -0.326 e. The average molecular weight is 322 g/mol. The van der Waals surface area contributed by atoms with E-state index in [4.69, 9.17) is 17.3 Å². The van der Waals surface area contributed by atoms with Gasteiger partial charge in [-0.15, -0.1) is 0 Å². The molecule has 4 nitrogen and oxygen atoms in total. The Morgan fingerprint density at radius 1 is 1.43 bits per heavy atom. The molecule has 1 aromatic carbocycles. The van der Waals surface area contributed by atoms with E-state index in [2.05, 4.69) is 5.32 Å². The van der Waals surface area contributed by atoms with Crippen molar-refractivity contribution in [2.45, 2.75) is 25.1 Å². The first-order valence-corrected chi connectivity index (χ1v) is 6.83. The van der Waals surface area contributed by atoms with Gasteiger partial charge in [-0.25, -0.2) is 4.79 Å². The van der Waals surface area contributed by atoms with E-state index in [1.54, 1.807) is 0 Å². The number of likely N-dealkylation sites (tertiary alicyclic amines) is 1. The lowest BCUT2D eigenvalue weighted by Crippen LogP contribution is -2.47. The van der Waals surface area contributed by atoms with E-state index in [9.17, 15) is 18.0 Å². The lowest BCUT2D eigenvalue weighted by Gasteiger charge is -2.30. The van der Waals surface area contributed by atoms with Crippen LogP contribution < -0.4 is 11.1 Å². The topological polar surface area (TPSA) is 58.4 Å². The first-order chi connectivity index (χ1) is 9.77. The Kier molecular flexibility index (Phi) is 4.63. The average Bonchev–Trinajstić information content (AvgIpc) is 2.39. The molecule has 21 heavy (non-hydrogen) atoms. The van der Waals surface area contributed by atoms with Crippen molar-refractivity contribution in [3.8, 4) is 0 Å². The van der Waals surface area contributed by atoms with E-state index < -0.39 is 22.8 Å². The van der Waals surface area contributed by atoms with Crippen molar-refractivity contribution in [2.75, 3.05) is 18.4 Å². The van der Waals surface area contributed by atoms with Crippen LogP contribution in [0, 0.1) is 0 Å². The lowest BCUT2D eigenvalue weighted by atomic mass is 10.1. The van der Waals surface area contributed by atoms with Crippen molar-refractivity contribution < 1.29 is 18.0 Å². The van der Waals surface area contributed by atoms with Gasteiger partial charge in [0.25, 0.3) is 0 Å². The highest BCUT2D eigenvalue weighted by Crippen LogP contribution is 2.36. The Bertz CT molecular complexity index is 536. The zero-order valence-electron chi connectivity index (χ0n) is 11.1. The Hall–Kier alpha value is -1.47. The molecule has 0 unspecified atom stereocenters. The normalized spacial score (nSPS) is 19.5. The molecule has 1 aliphatic heterocycles. The van der Waals surface area contributed by atoms with Crippen LogP contribution in [0.4, 0.5) is 23.7 Å². The number of nitrogens with zero attached hydrogens (tertiary/aromatic N) is 1. The molecule has 0 radical (unpaired) electrons. The minimum atomic E-state index is -4.56. The summed E-state index contributed by atoms with van der Waals surface area (Å²) in [5.74, 6) is 0. The molecule has 1 saturated heterocycles. The molecule has 8 heteroatoms. The van der Waals surface area contributed by atoms with Crippen LogP contribution in [0.1, 0.15) is 18.4 Å². The molecule has 1 heterocycles. The summed E-state index contributed by atoms with van der Waals surface area (Å²) in [6.45, 7) is 0.935. The third-order valence-corrected chi connectivity index (χ3v) is 3.60. The molecule has 2 amide bonds. The van der Waals surface area contributed by atoms with Gasteiger partial charge in [0, 0.05) is 24.8 Å². The number of nitrogens with two attached hydrogens (primary N) is 1. The summed E-state index contributed by atoms with van der Waals surface area (Å²) in [7, 11) is 0. The van der Waals surface area contributed by atoms with E-state index >= 15 is 0 Å². The van der Waals surface area contributed by atoms with Crippen LogP contribution in [-0.4, -0.2) is 30.1 Å². The fourth-order valence-electron chi connectivity index (χ4n) is 2.22. The number of amides is 2. The van der Waals surface area contributed by atoms with Gasteiger partial charge in [0.1, 0.15) is 0 Å². The summed E-state index contributed by atoms with van der Waals surface area (Å²) in [4.78, 5) is 13.5. The number of nitrogens with one attached hydrogen (secondary N) is 1. The molecule has 1 atom stereocenters. The maximum Gasteiger partial charge on any atom is 0.417 e. The van der Waals surface area contributed by atoms with Crippen LogP contribution in [-0.2, 0) is 6.18 Å². The van der Waals surface area contributed by atoms with Gasteiger partial charge in [-0.3, -0.25) is 0 Å². The van der Waals surface area contributed by atoms with E-state index in [1.807, 2.05) is 0 Å². The quantitative estimate of drug-likeness (QED) is 0.833. The Morgan fingerprint density at radius 3 is 2.76 bits per heavy atom. The molecule has 1 fully saturated rings. The number of anilines is 1. The standard InChI is InChI=1S/C13H15ClF3N3O/c14-11-4-3-9(6-10(11)13(15,16)17)19-12(21)20-5-1-2-8(18)7-20/h3-4,6,8H,1-2,5,7,18H2,(H,19,21)/t8-/m0/s1. The summed E-state index contributed by atoms with van der Waals surface area (Å²) in [5, 5.41) is 2.04. The molecule has 0 bridgehead atoms. The number of alkyl halides is 3. The van der Waals surface area contributed by atoms with Gasteiger partial charge in [-0.2, -0.15) is 13.2 Å². The molecule has 1 aliphatic rings. The first kappa shape index (κ1) is 15.9. The molecular weight excluding hydrogens is 307 g/mol. The lowest BCUT2D eigenvalue weighted by molar-refractivity contribution is -0.137. The largest absolute Gasteiger partial charge is 0.417 e. The van der Waals surface area contributed by atoms with Crippen molar-refractivity contribution in [1.29, 1.82) is 0 Å². The maximum absolute atomic E-state index is 12.7. The number of carbonyl (C=O) groups is 1. The first-order valence-electron chi connectivity index (χ1n) is 6.45. The van der Waals surface area contributed by atoms with Crippen molar-refractivity contribution in [1.82, 2.24) is 4.90 Å². The second kappa shape index (κ2) is 6.11. The van der Waals surface area contributed by atoms with Gasteiger partial charge in [0.15, 0.2) is 0 Å². The Morgan fingerprint density at radius 2 is 2.14 bits per heavy atom. The van der Waals surface area contributed by atoms with Crippen LogP contribution in [0.3, 0.4) is 0 Å². The van der Waals surface area contributed by atoms with Crippen LogP contribution >= 0.6 is 11.6 Å². The summed E-state index contributed by atoms with van der Waals surface area (Å²) in [5.41, 5.74) is 4.85. The summed E-state index contributed by atoms with van der Waals surface area (Å²) in [6.07, 6.45) is -2.95. The van der Waals surface area contributed by atoms with Gasteiger partial charge in [0.2, 0.25) is 0 Å². The third kappa shape index (κ3) is 4.01. The van der Waals surface area contributed by atoms with Gasteiger partial charge in [-0.05, 0) is 31.0 Å². The van der Waals surface area contributed by atoms with Gasteiger partial charge in [-0.1, -0.05) is 11.6 Å². The summed E-state index contributed by atoms with van der Waals surface area (Å²) >= 11 is 5.53. The Labute approximate surface area is 125 Å². The fourth-order valence-corrected chi connectivity index (χ4v) is 2.44. The molecule has 0 spiro atoms. The second-order valence-electron chi connectivity index (χ2n) is 4.97. The van der Waals surface area contributed by atoms with Crippen LogP contribution in [0.5, 0.6) is 0 Å². The van der Waals surface area contributed by atoms with Gasteiger partial charge < -0.3 is 16.0 Å². The van der Waals surface area contributed by atoms with Crippen LogP contribution in [0.15, 0.2) is 18.2 Å². The SMILES string of the molecule is N[C@H]1CCCN(C(=O)Nc2ccc(Cl)c(C(F)(F)F)c2)C1. The number of piperidine rings is 1. The maximum atomic E-state index is 12.7. The van der Waals surface area contributed by atoms with Crippen molar-refractivity contribution >= 4 is 23.3 Å². The molecule has 0 aliphatic carbocycles. The van der Waals surface area contributed by atoms with Crippen molar-refractivity contribution in [3.63, 3.8) is 0 Å². The molecule has 0 saturated carbocycles. The highest BCUT2D eigenvalue weighted by atomic mass is 35.5. The summed E-state index contributed by atoms with van der Waals surface area (Å²) < 4.78 is 38.2. The number of rotatable bonds is 1. The fraction of sp³-hybridized carbons (Fsp3) is 0.462. The number of urea groups is 1. The molecule has 116 valence electrons. The highest BCUT2D eigenvalue weighted by molar-refractivity contribution is 6.31. The van der Waals surface area contributed by atoms with Crippen LogP contribution in [0.2, 0.25) is 5.02 Å². The molecule has 2 rings (SSSR count). The number of halogens is 4. The predicted octanol–water partition coefficient (Wildman–Crippen LogP) is 3.31. The molecule has 3 N–H and O–H groups in total. The van der Waals surface area contributed by atoms with Crippen molar-refractivity contribution in [3.05, 3.63) is 28.8 Å². The molecule has 1 aromatic rings. The van der Waals surface area contributed by atoms with E-state index in [-0.39, 0.29) is 11.7 Å². The number of hydrogen-bond acceptors (Lipinski definition) is 2. The van der Waals surface area contributed by atoms with Gasteiger partial charge in [0.05, 0.1) is 10.6 Å². The minimum absolute atomic E-state index is 0.0517. The molecule has 0 aromatic heterocycles. The van der Waals surface area contributed by atoms with Crippen molar-refractivity contribution in [2.24, 2.45) is 5.73 Å². The number of benzene rings is 1. The van der Waals surface area contributed by atoms with E-state index in [0.717, 1.165) is 25.0 Å². The second-order valence-corrected chi connectivity index (χ2v) is 5.38. The van der Waals surface area contributed by atoms with E-state index in [1.165, 1.54) is 11.0 Å². The van der Waals surface area contributed by atoms with Crippen LogP contribution in [0.25, 0.3) is 0 Å². The summed E-state index contributed by atoms with van der Waals surface area (Å²) in [6, 6.07) is 2.71. The van der Waals surface area contributed by atoms with Gasteiger partial charge >= 0.3 is 12.2 Å². The van der Waals surface area contributed by atoms with E-state index in [0.29, 0.717) is 13.1 Å². The third-order valence-electron chi connectivity index (χ3n) is 3.27. The monoisotopic (exact) mass is 321 g/mol. The smallest absolute Gasteiger partial charge is 0.326 e. The molecular formula is C13H15ClF3N3O. The zero-order valence-corrected chi connectivity index (χ0v) is 11.8. The highest BCUT2D eigenvalue weighted by Gasteiger charge is 2.33. The Balaban J connectivity index is 2.11. The zero-order chi connectivity index (χ0) is 15.6.